The summed E-state index contributed by atoms with van der Waals surface area (Å²) in [7, 11) is 2.98. The molecule has 0 radical (unpaired) electrons. The van der Waals surface area contributed by atoms with Crippen LogP contribution in [0.3, 0.4) is 0 Å². The maximum atomic E-state index is 11.3. The highest BCUT2D eigenvalue weighted by Gasteiger charge is 2.20. The molecule has 4 heteroatoms. The molecule has 0 aromatic carbocycles. The van der Waals surface area contributed by atoms with Crippen molar-refractivity contribution in [3.63, 3.8) is 0 Å². The molecule has 1 N–H and O–H groups in total. The summed E-state index contributed by atoms with van der Waals surface area (Å²) in [6.07, 6.45) is 2.80. The van der Waals surface area contributed by atoms with Gasteiger partial charge in [-0.1, -0.05) is 6.08 Å². The molecule has 0 aliphatic heterocycles. The predicted molar refractivity (Wildman–Crippen MR) is 54.5 cm³/mol. The number of carbonyl (C=O) groups is 1. The number of amides is 1. The average Bonchev–Trinajstić information content (AvgIpc) is 2.13. The van der Waals surface area contributed by atoms with Gasteiger partial charge >= 0.3 is 0 Å². The molecular weight excluding hydrogens is 182 g/mol. The number of nitrogens with zero attached hydrogens (tertiary/aromatic N) is 1. The lowest BCUT2D eigenvalue weighted by molar-refractivity contribution is -0.169. The molecule has 0 aliphatic carbocycles. The molecule has 0 bridgehead atoms. The van der Waals surface area contributed by atoms with Crippen LogP contribution < -0.4 is 0 Å². The molecule has 1 amide bonds. The van der Waals surface area contributed by atoms with E-state index in [9.17, 15) is 9.90 Å². The molecule has 0 aromatic heterocycles. The Balaban J connectivity index is 3.92. The third-order valence-electron chi connectivity index (χ3n) is 2.09. The molecule has 1 atom stereocenters. The quantitative estimate of drug-likeness (QED) is 0.517. The predicted octanol–water partition coefficient (Wildman–Crippen LogP) is 1.11. The molecule has 1 unspecified atom stereocenters. The highest BCUT2D eigenvalue weighted by atomic mass is 16.7. The Kier molecular flexibility index (Phi) is 5.42. The standard InChI is InChI=1S/C10H19NO3/c1-5-7-10(2,13)8-6-9(12)11(3)14-4/h5,13H,1,6-8H2,2-4H3. The van der Waals surface area contributed by atoms with Gasteiger partial charge in [0.2, 0.25) is 5.91 Å². The molecule has 0 aliphatic rings. The lowest BCUT2D eigenvalue weighted by atomic mass is 9.96. The van der Waals surface area contributed by atoms with Crippen LogP contribution in [0.25, 0.3) is 0 Å². The Morgan fingerprint density at radius 2 is 2.29 bits per heavy atom. The van der Waals surface area contributed by atoms with Crippen LogP contribution in [-0.2, 0) is 9.63 Å². The number of hydroxylamine groups is 2. The summed E-state index contributed by atoms with van der Waals surface area (Å²) in [6, 6.07) is 0. The van der Waals surface area contributed by atoms with E-state index in [-0.39, 0.29) is 12.3 Å². The fourth-order valence-corrected chi connectivity index (χ4v) is 1.05. The van der Waals surface area contributed by atoms with E-state index in [0.717, 1.165) is 5.06 Å². The van der Waals surface area contributed by atoms with Crippen molar-refractivity contribution in [3.05, 3.63) is 12.7 Å². The number of hydrogen-bond donors (Lipinski definition) is 1. The van der Waals surface area contributed by atoms with Crippen molar-refractivity contribution in [1.29, 1.82) is 0 Å². The van der Waals surface area contributed by atoms with E-state index in [2.05, 4.69) is 6.58 Å². The van der Waals surface area contributed by atoms with E-state index >= 15 is 0 Å². The Hall–Kier alpha value is -0.870. The number of carbonyl (C=O) groups excluding carboxylic acids is 1. The van der Waals surface area contributed by atoms with Gasteiger partial charge < -0.3 is 5.11 Å². The second-order valence-corrected chi connectivity index (χ2v) is 3.56. The Labute approximate surface area is 85.1 Å². The minimum atomic E-state index is -0.855. The van der Waals surface area contributed by atoms with Crippen molar-refractivity contribution < 1.29 is 14.7 Å². The zero-order chi connectivity index (χ0) is 11.2. The van der Waals surface area contributed by atoms with Gasteiger partial charge in [0.1, 0.15) is 0 Å². The van der Waals surface area contributed by atoms with Gasteiger partial charge in [0.15, 0.2) is 0 Å². The molecule has 82 valence electrons. The second kappa shape index (κ2) is 5.78. The summed E-state index contributed by atoms with van der Waals surface area (Å²) in [5.74, 6) is -0.142. The third kappa shape index (κ3) is 4.99. The number of rotatable bonds is 6. The van der Waals surface area contributed by atoms with Crippen LogP contribution in [0.5, 0.6) is 0 Å². The van der Waals surface area contributed by atoms with Gasteiger partial charge in [0.05, 0.1) is 12.7 Å². The van der Waals surface area contributed by atoms with E-state index < -0.39 is 5.60 Å². The van der Waals surface area contributed by atoms with Crippen LogP contribution in [0.15, 0.2) is 12.7 Å². The van der Waals surface area contributed by atoms with E-state index in [1.165, 1.54) is 7.11 Å². The fraction of sp³-hybridized carbons (Fsp3) is 0.700. The normalized spacial score (nSPS) is 14.6. The number of hydrogen-bond acceptors (Lipinski definition) is 3. The second-order valence-electron chi connectivity index (χ2n) is 3.56. The van der Waals surface area contributed by atoms with Gasteiger partial charge in [-0.15, -0.1) is 6.58 Å². The zero-order valence-electron chi connectivity index (χ0n) is 9.12. The van der Waals surface area contributed by atoms with Crippen LogP contribution in [0.1, 0.15) is 26.2 Å². The van der Waals surface area contributed by atoms with Crippen LogP contribution in [0.2, 0.25) is 0 Å². The Morgan fingerprint density at radius 1 is 1.71 bits per heavy atom. The molecule has 14 heavy (non-hydrogen) atoms. The lowest BCUT2D eigenvalue weighted by Gasteiger charge is -2.22. The van der Waals surface area contributed by atoms with Crippen LogP contribution in [0, 0.1) is 0 Å². The van der Waals surface area contributed by atoms with Crippen molar-refractivity contribution in [1.82, 2.24) is 5.06 Å². The zero-order valence-corrected chi connectivity index (χ0v) is 9.12. The van der Waals surface area contributed by atoms with Gasteiger partial charge in [-0.05, 0) is 19.8 Å². The first-order valence-corrected chi connectivity index (χ1v) is 4.57. The fourth-order valence-electron chi connectivity index (χ4n) is 1.05. The van der Waals surface area contributed by atoms with Gasteiger partial charge in [0.25, 0.3) is 0 Å². The first-order valence-electron chi connectivity index (χ1n) is 4.57. The topological polar surface area (TPSA) is 49.8 Å². The minimum absolute atomic E-state index is 0.142. The van der Waals surface area contributed by atoms with E-state index in [0.29, 0.717) is 12.8 Å². The number of aliphatic hydroxyl groups is 1. The van der Waals surface area contributed by atoms with Crippen LogP contribution in [-0.4, -0.2) is 35.8 Å². The summed E-state index contributed by atoms with van der Waals surface area (Å²) in [5, 5.41) is 10.9. The Morgan fingerprint density at radius 3 is 2.71 bits per heavy atom. The smallest absolute Gasteiger partial charge is 0.245 e. The molecule has 0 aromatic rings. The maximum absolute atomic E-state index is 11.3. The van der Waals surface area contributed by atoms with Crippen LogP contribution in [0.4, 0.5) is 0 Å². The molecule has 0 saturated carbocycles. The molecule has 0 saturated heterocycles. The van der Waals surface area contributed by atoms with E-state index in [1.807, 2.05) is 0 Å². The summed E-state index contributed by atoms with van der Waals surface area (Å²) < 4.78 is 0. The highest BCUT2D eigenvalue weighted by molar-refractivity contribution is 5.74. The monoisotopic (exact) mass is 201 g/mol. The summed E-state index contributed by atoms with van der Waals surface area (Å²) >= 11 is 0. The van der Waals surface area contributed by atoms with Gasteiger partial charge in [-0.25, -0.2) is 5.06 Å². The SMILES string of the molecule is C=CCC(C)(O)CCC(=O)N(C)OC. The maximum Gasteiger partial charge on any atom is 0.245 e. The average molecular weight is 201 g/mol. The molecule has 0 rings (SSSR count). The molecule has 0 fully saturated rings. The van der Waals surface area contributed by atoms with Crippen molar-refractivity contribution in [2.45, 2.75) is 31.8 Å². The largest absolute Gasteiger partial charge is 0.390 e. The molecule has 0 heterocycles. The molecule has 4 nitrogen and oxygen atoms in total. The first-order chi connectivity index (χ1) is 6.43. The lowest BCUT2D eigenvalue weighted by Crippen LogP contribution is -2.29. The summed E-state index contributed by atoms with van der Waals surface area (Å²) in [5.41, 5.74) is -0.855. The van der Waals surface area contributed by atoms with E-state index in [1.54, 1.807) is 20.0 Å². The van der Waals surface area contributed by atoms with Gasteiger partial charge in [0, 0.05) is 13.5 Å². The first kappa shape index (κ1) is 13.1. The molecular formula is C10H19NO3. The Bertz CT molecular complexity index is 202. The van der Waals surface area contributed by atoms with Crippen LogP contribution >= 0.6 is 0 Å². The summed E-state index contributed by atoms with van der Waals surface area (Å²) in [6.45, 7) is 5.23. The third-order valence-corrected chi connectivity index (χ3v) is 2.09. The van der Waals surface area contributed by atoms with Crippen molar-refractivity contribution in [2.75, 3.05) is 14.2 Å². The summed E-state index contributed by atoms with van der Waals surface area (Å²) in [4.78, 5) is 16.0. The highest BCUT2D eigenvalue weighted by Crippen LogP contribution is 2.17. The van der Waals surface area contributed by atoms with Crippen molar-refractivity contribution in [3.8, 4) is 0 Å². The minimum Gasteiger partial charge on any atom is -0.390 e. The van der Waals surface area contributed by atoms with Gasteiger partial charge in [-0.3, -0.25) is 9.63 Å². The van der Waals surface area contributed by atoms with Crippen molar-refractivity contribution >= 4 is 5.91 Å². The van der Waals surface area contributed by atoms with E-state index in [4.69, 9.17) is 4.84 Å². The van der Waals surface area contributed by atoms with Crippen molar-refractivity contribution in [2.24, 2.45) is 0 Å². The van der Waals surface area contributed by atoms with Gasteiger partial charge in [-0.2, -0.15) is 0 Å². The molecule has 0 spiro atoms.